The van der Waals surface area contributed by atoms with E-state index in [1.165, 1.54) is 17.0 Å². The molecule has 1 aliphatic heterocycles. The van der Waals surface area contributed by atoms with Crippen LogP contribution in [0.5, 0.6) is 0 Å². The van der Waals surface area contributed by atoms with Crippen molar-refractivity contribution in [3.8, 4) is 0 Å². The number of β-lactam (4-membered cyclic amide) rings is 1. The van der Waals surface area contributed by atoms with E-state index < -0.39 is 26.4 Å². The molecule has 1 heterocycles. The highest BCUT2D eigenvalue weighted by Gasteiger charge is 2.54. The topological polar surface area (TPSA) is 46.6 Å². The smallest absolute Gasteiger partial charge is 0.261 e. The maximum atomic E-state index is 13.5. The van der Waals surface area contributed by atoms with Crippen LogP contribution < -0.4 is 0 Å². The average molecular weight is 434 g/mol. The number of benzene rings is 2. The molecule has 0 N–H and O–H groups in total. The molecule has 29 heavy (non-hydrogen) atoms. The second kappa shape index (κ2) is 8.77. The lowest BCUT2D eigenvalue weighted by Gasteiger charge is -2.48. The zero-order valence-corrected chi connectivity index (χ0v) is 18.6. The van der Waals surface area contributed by atoms with Crippen LogP contribution in [0.1, 0.15) is 42.7 Å². The molecule has 7 heteroatoms. The third-order valence-corrected chi connectivity index (χ3v) is 10.7. The monoisotopic (exact) mass is 433 g/mol. The molecule has 1 aliphatic rings. The maximum absolute atomic E-state index is 13.5. The Morgan fingerprint density at radius 1 is 1.03 bits per heavy atom. The standard InChI is InChI=1S/C22H25ClFNO3Si/c1-4-29(5-2,6-3)28-20-19(15-9-13-18(24)14-10-15)25(22(20)27)21(26)16-7-11-17(23)12-8-16/h7-14,19-20H,4-6H2,1-3H3/t19-,20+/m1/s1. The van der Waals surface area contributed by atoms with Crippen molar-refractivity contribution >= 4 is 31.7 Å². The number of nitrogens with zero attached hydrogens (tertiary/aromatic N) is 1. The van der Waals surface area contributed by atoms with E-state index in [0.717, 1.165) is 18.1 Å². The predicted octanol–water partition coefficient (Wildman–Crippen LogP) is 5.59. The van der Waals surface area contributed by atoms with Gasteiger partial charge in [-0.15, -0.1) is 0 Å². The Hall–Kier alpha value is -2.02. The lowest BCUT2D eigenvalue weighted by atomic mass is 9.90. The minimum absolute atomic E-state index is 0.341. The van der Waals surface area contributed by atoms with E-state index in [0.29, 0.717) is 16.1 Å². The molecule has 0 radical (unpaired) electrons. The van der Waals surface area contributed by atoms with Gasteiger partial charge in [0.25, 0.3) is 11.8 Å². The van der Waals surface area contributed by atoms with E-state index in [1.54, 1.807) is 36.4 Å². The number of rotatable bonds is 7. The molecule has 2 amide bonds. The van der Waals surface area contributed by atoms with Crippen LogP contribution in [-0.2, 0) is 9.22 Å². The maximum Gasteiger partial charge on any atom is 0.261 e. The number of hydrogen-bond donors (Lipinski definition) is 0. The highest BCUT2D eigenvalue weighted by Crippen LogP contribution is 2.41. The Morgan fingerprint density at radius 2 is 1.59 bits per heavy atom. The minimum Gasteiger partial charge on any atom is -0.403 e. The van der Waals surface area contributed by atoms with Crippen molar-refractivity contribution in [2.75, 3.05) is 0 Å². The van der Waals surface area contributed by atoms with Crippen molar-refractivity contribution in [2.24, 2.45) is 0 Å². The molecular formula is C22H25ClFNO3Si. The number of hydrogen-bond acceptors (Lipinski definition) is 3. The molecular weight excluding hydrogens is 409 g/mol. The molecule has 0 saturated carbocycles. The highest BCUT2D eigenvalue weighted by molar-refractivity contribution is 6.73. The number of carbonyl (C=O) groups excluding carboxylic acids is 2. The Labute approximate surface area is 176 Å². The van der Waals surface area contributed by atoms with Crippen LogP contribution in [-0.4, -0.2) is 31.1 Å². The number of imide groups is 1. The summed E-state index contributed by atoms with van der Waals surface area (Å²) in [4.78, 5) is 27.3. The van der Waals surface area contributed by atoms with E-state index >= 15 is 0 Å². The van der Waals surface area contributed by atoms with Crippen molar-refractivity contribution in [1.29, 1.82) is 0 Å². The number of amides is 2. The minimum atomic E-state index is -2.08. The van der Waals surface area contributed by atoms with E-state index in [2.05, 4.69) is 20.8 Å². The van der Waals surface area contributed by atoms with Gasteiger partial charge in [0.05, 0.1) is 6.04 Å². The quantitative estimate of drug-likeness (QED) is 0.324. The molecule has 0 aromatic heterocycles. The summed E-state index contributed by atoms with van der Waals surface area (Å²) in [5.74, 6) is -1.11. The zero-order chi connectivity index (χ0) is 21.2. The van der Waals surface area contributed by atoms with E-state index in [1.807, 2.05) is 0 Å². The SMILES string of the molecule is CC[Si](CC)(CC)O[C@@H]1C(=O)N(C(=O)c2ccc(Cl)cc2)[C@@H]1c1ccc(F)cc1. The fourth-order valence-electron chi connectivity index (χ4n) is 3.79. The van der Waals surface area contributed by atoms with Crippen molar-refractivity contribution < 1.29 is 18.4 Å². The third-order valence-electron chi connectivity index (χ3n) is 5.88. The van der Waals surface area contributed by atoms with Gasteiger partial charge in [0.15, 0.2) is 14.4 Å². The molecule has 0 unspecified atom stereocenters. The highest BCUT2D eigenvalue weighted by atomic mass is 35.5. The van der Waals surface area contributed by atoms with Gasteiger partial charge in [0, 0.05) is 10.6 Å². The Kier molecular flexibility index (Phi) is 6.56. The second-order valence-electron chi connectivity index (χ2n) is 7.30. The van der Waals surface area contributed by atoms with Crippen LogP contribution in [0.2, 0.25) is 23.2 Å². The molecule has 1 fully saturated rings. The first-order valence-electron chi connectivity index (χ1n) is 9.92. The second-order valence-corrected chi connectivity index (χ2v) is 12.5. The Bertz CT molecular complexity index is 876. The first-order chi connectivity index (χ1) is 13.9. The van der Waals surface area contributed by atoms with Gasteiger partial charge in [-0.1, -0.05) is 44.5 Å². The fourth-order valence-corrected chi connectivity index (χ4v) is 6.68. The van der Waals surface area contributed by atoms with Gasteiger partial charge in [-0.05, 0) is 60.1 Å². The van der Waals surface area contributed by atoms with Crippen LogP contribution in [0.15, 0.2) is 48.5 Å². The predicted molar refractivity (Wildman–Crippen MR) is 114 cm³/mol. The fraction of sp³-hybridized carbons (Fsp3) is 0.364. The van der Waals surface area contributed by atoms with Crippen LogP contribution >= 0.6 is 11.6 Å². The molecule has 0 aliphatic carbocycles. The van der Waals surface area contributed by atoms with Gasteiger partial charge in [0.2, 0.25) is 0 Å². The largest absolute Gasteiger partial charge is 0.403 e. The molecule has 4 nitrogen and oxygen atoms in total. The summed E-state index contributed by atoms with van der Waals surface area (Å²) >= 11 is 5.91. The van der Waals surface area contributed by atoms with Crippen LogP contribution in [0.25, 0.3) is 0 Å². The van der Waals surface area contributed by atoms with E-state index in [9.17, 15) is 14.0 Å². The summed E-state index contributed by atoms with van der Waals surface area (Å²) in [6, 6.07) is 14.4. The van der Waals surface area contributed by atoms with Gasteiger partial charge in [-0.2, -0.15) is 0 Å². The molecule has 2 aromatic carbocycles. The first-order valence-corrected chi connectivity index (χ1v) is 12.8. The summed E-state index contributed by atoms with van der Waals surface area (Å²) in [5, 5.41) is 0.511. The normalized spacial score (nSPS) is 19.2. The molecule has 0 spiro atoms. The summed E-state index contributed by atoms with van der Waals surface area (Å²) < 4.78 is 19.9. The number of likely N-dealkylation sites (tertiary alicyclic amines) is 1. The van der Waals surface area contributed by atoms with Crippen molar-refractivity contribution in [3.05, 3.63) is 70.5 Å². The molecule has 1 saturated heterocycles. The molecule has 2 atom stereocenters. The Morgan fingerprint density at radius 3 is 2.10 bits per heavy atom. The van der Waals surface area contributed by atoms with Crippen LogP contribution in [0.4, 0.5) is 4.39 Å². The third kappa shape index (κ3) is 4.15. The van der Waals surface area contributed by atoms with E-state index in [4.69, 9.17) is 16.0 Å². The Balaban J connectivity index is 1.95. The first kappa shape index (κ1) is 21.7. The lowest BCUT2D eigenvalue weighted by molar-refractivity contribution is -0.158. The zero-order valence-electron chi connectivity index (χ0n) is 16.8. The molecule has 0 bridgehead atoms. The van der Waals surface area contributed by atoms with Crippen LogP contribution in [0.3, 0.4) is 0 Å². The van der Waals surface area contributed by atoms with Crippen molar-refractivity contribution in [2.45, 2.75) is 51.0 Å². The van der Waals surface area contributed by atoms with E-state index in [-0.39, 0.29) is 11.7 Å². The van der Waals surface area contributed by atoms with Gasteiger partial charge < -0.3 is 4.43 Å². The summed E-state index contributed by atoms with van der Waals surface area (Å²) in [6.45, 7) is 6.27. The van der Waals surface area contributed by atoms with Gasteiger partial charge in [-0.25, -0.2) is 4.39 Å². The summed E-state index contributed by atoms with van der Waals surface area (Å²) in [7, 11) is -2.08. The number of carbonyl (C=O) groups is 2. The lowest BCUT2D eigenvalue weighted by Crippen LogP contribution is -2.64. The van der Waals surface area contributed by atoms with Crippen molar-refractivity contribution in [1.82, 2.24) is 4.90 Å². The van der Waals surface area contributed by atoms with Gasteiger partial charge in [0.1, 0.15) is 5.82 Å². The average Bonchev–Trinajstić information content (AvgIpc) is 2.74. The molecule has 3 rings (SSSR count). The summed E-state index contributed by atoms with van der Waals surface area (Å²) in [5.41, 5.74) is 1.06. The molecule has 154 valence electrons. The number of halogens is 2. The van der Waals surface area contributed by atoms with Gasteiger partial charge >= 0.3 is 0 Å². The summed E-state index contributed by atoms with van der Waals surface area (Å²) in [6.07, 6.45) is -0.719. The van der Waals surface area contributed by atoms with Gasteiger partial charge in [-0.3, -0.25) is 14.5 Å². The van der Waals surface area contributed by atoms with Crippen molar-refractivity contribution in [3.63, 3.8) is 0 Å². The van der Waals surface area contributed by atoms with Crippen LogP contribution in [0, 0.1) is 5.82 Å². The molecule has 2 aromatic rings.